The Balaban J connectivity index is 1.93. The second-order valence-corrected chi connectivity index (χ2v) is 7.37. The molecule has 3 aromatic rings. The van der Waals surface area contributed by atoms with Crippen LogP contribution in [0, 0.1) is 6.92 Å². The quantitative estimate of drug-likeness (QED) is 0.615. The van der Waals surface area contributed by atoms with Crippen LogP contribution in [0.1, 0.15) is 28.0 Å². The highest BCUT2D eigenvalue weighted by atomic mass is 16.1. The molecular formula is C24H24N2O. The van der Waals surface area contributed by atoms with Gasteiger partial charge in [0.25, 0.3) is 0 Å². The Labute approximate surface area is 160 Å². The van der Waals surface area contributed by atoms with E-state index < -0.39 is 0 Å². The maximum Gasteiger partial charge on any atom is 0.192 e. The normalized spacial score (nSPS) is 15.1. The van der Waals surface area contributed by atoms with Crippen LogP contribution in [-0.2, 0) is 6.42 Å². The number of fused-ring (bicyclic) bond motifs is 1. The van der Waals surface area contributed by atoms with Gasteiger partial charge in [0.15, 0.2) is 5.78 Å². The van der Waals surface area contributed by atoms with E-state index in [-0.39, 0.29) is 5.78 Å². The summed E-state index contributed by atoms with van der Waals surface area (Å²) in [6, 6.07) is 20.9. The molecule has 1 heterocycles. The van der Waals surface area contributed by atoms with Crippen LogP contribution in [0.5, 0.6) is 0 Å². The van der Waals surface area contributed by atoms with Gasteiger partial charge in [-0.15, -0.1) is 0 Å². The van der Waals surface area contributed by atoms with Gasteiger partial charge < -0.3 is 9.47 Å². The Kier molecular flexibility index (Phi) is 4.44. The molecule has 1 aliphatic carbocycles. The Bertz CT molecular complexity index is 1010. The molecule has 0 bridgehead atoms. The highest BCUT2D eigenvalue weighted by molar-refractivity contribution is 6.11. The van der Waals surface area contributed by atoms with Crippen molar-refractivity contribution in [3.05, 3.63) is 89.3 Å². The van der Waals surface area contributed by atoms with Gasteiger partial charge in [0.1, 0.15) is 0 Å². The van der Waals surface area contributed by atoms with Gasteiger partial charge in [-0.1, -0.05) is 48.0 Å². The molecule has 0 atom stereocenters. The lowest BCUT2D eigenvalue weighted by molar-refractivity contribution is 0.102. The zero-order valence-corrected chi connectivity index (χ0v) is 16.1. The minimum atomic E-state index is 0.146. The number of benzene rings is 2. The van der Waals surface area contributed by atoms with E-state index in [0.29, 0.717) is 0 Å². The van der Waals surface area contributed by atoms with Crippen LogP contribution >= 0.6 is 0 Å². The van der Waals surface area contributed by atoms with Crippen molar-refractivity contribution in [2.45, 2.75) is 19.8 Å². The zero-order chi connectivity index (χ0) is 19.0. The number of carbonyl (C=O) groups is 1. The summed E-state index contributed by atoms with van der Waals surface area (Å²) in [6.45, 7) is 2.09. The van der Waals surface area contributed by atoms with E-state index in [2.05, 4.69) is 54.0 Å². The summed E-state index contributed by atoms with van der Waals surface area (Å²) in [5.74, 6) is 0.146. The monoisotopic (exact) mass is 356 g/mol. The Morgan fingerprint density at radius 1 is 0.963 bits per heavy atom. The van der Waals surface area contributed by atoms with Crippen molar-refractivity contribution in [3.8, 4) is 16.9 Å². The van der Waals surface area contributed by atoms with Crippen LogP contribution in [0.25, 0.3) is 16.9 Å². The number of ketones is 1. The summed E-state index contributed by atoms with van der Waals surface area (Å²) in [5.41, 5.74) is 7.35. The third-order valence-corrected chi connectivity index (χ3v) is 5.05. The highest BCUT2D eigenvalue weighted by Gasteiger charge is 2.28. The Morgan fingerprint density at radius 3 is 2.33 bits per heavy atom. The van der Waals surface area contributed by atoms with Crippen LogP contribution in [-0.4, -0.2) is 29.3 Å². The summed E-state index contributed by atoms with van der Waals surface area (Å²) in [5, 5.41) is 0. The van der Waals surface area contributed by atoms with Crippen molar-refractivity contribution < 1.29 is 4.79 Å². The number of nitrogens with zero attached hydrogens (tertiary/aromatic N) is 2. The molecule has 3 nitrogen and oxygen atoms in total. The first-order valence-corrected chi connectivity index (χ1v) is 9.33. The van der Waals surface area contributed by atoms with Crippen LogP contribution in [0.2, 0.25) is 0 Å². The first-order valence-electron chi connectivity index (χ1n) is 9.33. The molecule has 1 aromatic heterocycles. The number of carbonyl (C=O) groups excluding carboxylic acids is 1. The predicted molar refractivity (Wildman–Crippen MR) is 110 cm³/mol. The molecule has 27 heavy (non-hydrogen) atoms. The summed E-state index contributed by atoms with van der Waals surface area (Å²) in [4.78, 5) is 15.1. The molecule has 0 radical (unpaired) electrons. The first kappa shape index (κ1) is 17.3. The molecule has 0 N–H and O–H groups in total. The first-order chi connectivity index (χ1) is 13.0. The number of hydrogen-bond acceptors (Lipinski definition) is 2. The Morgan fingerprint density at radius 2 is 1.67 bits per heavy atom. The van der Waals surface area contributed by atoms with E-state index in [1.54, 1.807) is 0 Å². The van der Waals surface area contributed by atoms with Gasteiger partial charge in [0.2, 0.25) is 0 Å². The third-order valence-electron chi connectivity index (χ3n) is 5.05. The van der Waals surface area contributed by atoms with Crippen molar-refractivity contribution in [1.29, 1.82) is 0 Å². The maximum absolute atomic E-state index is 13.1. The number of aryl methyl sites for hydroxylation is 1. The molecule has 136 valence electrons. The zero-order valence-electron chi connectivity index (χ0n) is 16.1. The average molecular weight is 356 g/mol. The lowest BCUT2D eigenvalue weighted by Crippen LogP contribution is -2.18. The van der Waals surface area contributed by atoms with Crippen molar-refractivity contribution >= 4 is 5.78 Å². The second-order valence-electron chi connectivity index (χ2n) is 7.37. The summed E-state index contributed by atoms with van der Waals surface area (Å²) >= 11 is 0. The van der Waals surface area contributed by atoms with Gasteiger partial charge in [-0.05, 0) is 43.5 Å². The number of aromatic nitrogens is 1. The van der Waals surface area contributed by atoms with Crippen LogP contribution < -0.4 is 0 Å². The summed E-state index contributed by atoms with van der Waals surface area (Å²) < 4.78 is 2.26. The molecule has 0 fully saturated rings. The van der Waals surface area contributed by atoms with Gasteiger partial charge >= 0.3 is 0 Å². The number of allylic oxidation sites excluding steroid dienone is 1. The minimum Gasteiger partial charge on any atom is -0.383 e. The average Bonchev–Trinajstić information content (AvgIpc) is 3.05. The molecule has 3 heteroatoms. The van der Waals surface area contributed by atoms with Crippen molar-refractivity contribution in [3.63, 3.8) is 0 Å². The van der Waals surface area contributed by atoms with Crippen LogP contribution in [0.3, 0.4) is 0 Å². The number of rotatable bonds is 3. The van der Waals surface area contributed by atoms with Crippen molar-refractivity contribution in [1.82, 2.24) is 9.47 Å². The largest absolute Gasteiger partial charge is 0.383 e. The van der Waals surface area contributed by atoms with Crippen molar-refractivity contribution in [2.75, 3.05) is 14.1 Å². The van der Waals surface area contributed by atoms with Gasteiger partial charge in [-0.2, -0.15) is 0 Å². The standard InChI is InChI=1S/C24H24N2O/c1-17-9-12-20(13-10-17)26-22-14-11-19(16-25(2)3)24(27)21(22)15-23(26)18-7-5-4-6-8-18/h4-10,12-13,15-16H,11,14H2,1-3H3/b19-16+. The molecular weight excluding hydrogens is 332 g/mol. The van der Waals surface area contributed by atoms with Gasteiger partial charge in [-0.25, -0.2) is 0 Å². The fourth-order valence-corrected chi connectivity index (χ4v) is 3.78. The van der Waals surface area contributed by atoms with Gasteiger partial charge in [-0.3, -0.25) is 4.79 Å². The topological polar surface area (TPSA) is 25.2 Å². The van der Waals surface area contributed by atoms with E-state index in [1.165, 1.54) is 5.56 Å². The van der Waals surface area contributed by atoms with E-state index >= 15 is 0 Å². The second kappa shape index (κ2) is 6.92. The fourth-order valence-electron chi connectivity index (χ4n) is 3.78. The molecule has 0 aliphatic heterocycles. The van der Waals surface area contributed by atoms with E-state index in [4.69, 9.17) is 0 Å². The predicted octanol–water partition coefficient (Wildman–Crippen LogP) is 5.03. The molecule has 0 saturated heterocycles. The van der Waals surface area contributed by atoms with E-state index in [9.17, 15) is 4.79 Å². The molecule has 0 saturated carbocycles. The molecule has 2 aromatic carbocycles. The molecule has 1 aliphatic rings. The van der Waals surface area contributed by atoms with Gasteiger partial charge in [0.05, 0.1) is 5.69 Å². The summed E-state index contributed by atoms with van der Waals surface area (Å²) in [7, 11) is 3.92. The molecule has 0 spiro atoms. The van der Waals surface area contributed by atoms with Crippen LogP contribution in [0.4, 0.5) is 0 Å². The lowest BCUT2D eigenvalue weighted by Gasteiger charge is -2.20. The summed E-state index contributed by atoms with van der Waals surface area (Å²) in [6.07, 6.45) is 3.59. The Hall–Kier alpha value is -3.07. The van der Waals surface area contributed by atoms with Crippen LogP contribution in [0.15, 0.2) is 72.4 Å². The molecule has 4 rings (SSSR count). The minimum absolute atomic E-state index is 0.146. The third kappa shape index (κ3) is 3.21. The van der Waals surface area contributed by atoms with E-state index in [0.717, 1.165) is 46.6 Å². The smallest absolute Gasteiger partial charge is 0.192 e. The SMILES string of the molecule is Cc1ccc(-n2c(-c3ccccc3)cc3c2CC/C(=C\N(C)C)C3=O)cc1. The van der Waals surface area contributed by atoms with E-state index in [1.807, 2.05) is 43.4 Å². The lowest BCUT2D eigenvalue weighted by atomic mass is 9.91. The maximum atomic E-state index is 13.1. The number of Topliss-reactive ketones (excluding diaryl/α,β-unsaturated/α-hetero) is 1. The van der Waals surface area contributed by atoms with Crippen molar-refractivity contribution in [2.24, 2.45) is 0 Å². The fraction of sp³-hybridized carbons (Fsp3) is 0.208. The molecule has 0 unspecified atom stereocenters. The molecule has 0 amide bonds. The van der Waals surface area contributed by atoms with Gasteiger partial charge in [0, 0.05) is 42.8 Å². The highest BCUT2D eigenvalue weighted by Crippen LogP contribution is 2.35. The number of hydrogen-bond donors (Lipinski definition) is 0.